The molecule has 2 heterocycles. The molecule has 0 atom stereocenters. The lowest BCUT2D eigenvalue weighted by Gasteiger charge is -2.20. The van der Waals surface area contributed by atoms with Gasteiger partial charge in [0.25, 0.3) is 5.91 Å². The van der Waals surface area contributed by atoms with E-state index in [2.05, 4.69) is 20.3 Å². The van der Waals surface area contributed by atoms with Crippen LogP contribution in [0.4, 0.5) is 4.39 Å². The summed E-state index contributed by atoms with van der Waals surface area (Å²) in [7, 11) is 2.89. The van der Waals surface area contributed by atoms with E-state index in [9.17, 15) is 9.18 Å². The summed E-state index contributed by atoms with van der Waals surface area (Å²) in [6.07, 6.45) is 1.14. The van der Waals surface area contributed by atoms with Crippen molar-refractivity contribution in [1.29, 1.82) is 0 Å². The fourth-order valence-corrected chi connectivity index (χ4v) is 2.49. The molecule has 0 saturated heterocycles. The Morgan fingerprint density at radius 2 is 1.96 bits per heavy atom. The van der Waals surface area contributed by atoms with Gasteiger partial charge in [0.05, 0.1) is 6.54 Å². The van der Waals surface area contributed by atoms with Crippen LogP contribution in [-0.4, -0.2) is 59.8 Å². The average Bonchev–Trinajstić information content (AvgIpc) is 2.91. The Kier molecular flexibility index (Phi) is 6.43. The Labute approximate surface area is 155 Å². The first-order valence-electron chi connectivity index (χ1n) is 7.86. The van der Waals surface area contributed by atoms with Gasteiger partial charge in [0.2, 0.25) is 5.88 Å². The maximum absolute atomic E-state index is 14.8. The molecule has 0 aliphatic carbocycles. The van der Waals surface area contributed by atoms with Crippen molar-refractivity contribution in [1.82, 2.24) is 20.3 Å². The second-order valence-electron chi connectivity index (χ2n) is 6.38. The quantitative estimate of drug-likeness (QED) is 0.428. The van der Waals surface area contributed by atoms with Crippen LogP contribution in [0.5, 0.6) is 5.88 Å². The molecule has 2 rings (SSSR count). The molecule has 0 aliphatic rings. The molecular formula is C16H23FN4O4S. The highest BCUT2D eigenvalue weighted by molar-refractivity contribution is 7.98. The third-order valence-corrected chi connectivity index (χ3v) is 3.85. The maximum atomic E-state index is 14.8. The average molecular weight is 386 g/mol. The van der Waals surface area contributed by atoms with Crippen molar-refractivity contribution in [2.24, 2.45) is 0 Å². The summed E-state index contributed by atoms with van der Waals surface area (Å²) in [5.74, 6) is -1.22. The number of halogens is 1. The molecule has 0 radical (unpaired) electrons. The predicted molar refractivity (Wildman–Crippen MR) is 96.1 cm³/mol. The van der Waals surface area contributed by atoms with E-state index in [-0.39, 0.29) is 29.2 Å². The molecule has 0 fully saturated rings. The number of methoxy groups -OCH3 is 2. The Balaban J connectivity index is 2.41. The lowest BCUT2D eigenvalue weighted by atomic mass is 10.2. The smallest absolute Gasteiger partial charge is 0.271 e. The second-order valence-corrected chi connectivity index (χ2v) is 7.15. The minimum atomic E-state index is -0.764. The molecule has 0 aliphatic heterocycles. The highest BCUT2D eigenvalue weighted by Gasteiger charge is 2.25. The number of nitrogens with zero attached hydrogens (tertiary/aromatic N) is 2. The van der Waals surface area contributed by atoms with Crippen molar-refractivity contribution < 1.29 is 23.4 Å². The first-order chi connectivity index (χ1) is 12.2. The van der Waals surface area contributed by atoms with Gasteiger partial charge in [-0.15, -0.1) is 0 Å². The number of hydrogen-bond donors (Lipinski definition) is 2. The molecule has 8 nitrogen and oxygen atoms in total. The van der Waals surface area contributed by atoms with E-state index >= 15 is 0 Å². The predicted octanol–water partition coefficient (Wildman–Crippen LogP) is 2.34. The van der Waals surface area contributed by atoms with Crippen LogP contribution in [-0.2, 0) is 9.47 Å². The normalized spacial score (nSPS) is 12.0. The first kappa shape index (κ1) is 20.4. The largest absolute Gasteiger partial charge is 0.470 e. The van der Waals surface area contributed by atoms with Crippen molar-refractivity contribution in [3.63, 3.8) is 0 Å². The van der Waals surface area contributed by atoms with E-state index < -0.39 is 23.6 Å². The van der Waals surface area contributed by atoms with Gasteiger partial charge in [0, 0.05) is 14.2 Å². The number of H-pyrrole nitrogens is 1. The van der Waals surface area contributed by atoms with E-state index in [4.69, 9.17) is 14.2 Å². The number of fused-ring (bicyclic) bond motifs is 1. The van der Waals surface area contributed by atoms with Crippen LogP contribution < -0.4 is 10.1 Å². The molecule has 144 valence electrons. The van der Waals surface area contributed by atoms with Crippen LogP contribution in [0, 0.1) is 5.82 Å². The highest BCUT2D eigenvalue weighted by atomic mass is 32.2. The Bertz CT molecular complexity index is 787. The summed E-state index contributed by atoms with van der Waals surface area (Å²) in [5, 5.41) is 2.89. The molecule has 0 bridgehead atoms. The van der Waals surface area contributed by atoms with Crippen molar-refractivity contribution >= 4 is 28.7 Å². The summed E-state index contributed by atoms with van der Waals surface area (Å²) in [6, 6.07) is 0. The number of carbonyl (C=O) groups excluding carboxylic acids is 1. The zero-order valence-corrected chi connectivity index (χ0v) is 16.4. The van der Waals surface area contributed by atoms with Gasteiger partial charge in [-0.25, -0.2) is 9.37 Å². The minimum absolute atomic E-state index is 0.00350. The fraction of sp³-hybridized carbons (Fsp3) is 0.562. The number of aromatic nitrogens is 3. The Morgan fingerprint density at radius 1 is 1.31 bits per heavy atom. The number of rotatable bonds is 7. The van der Waals surface area contributed by atoms with Gasteiger partial charge in [0.1, 0.15) is 22.3 Å². The van der Waals surface area contributed by atoms with Crippen LogP contribution in [0.25, 0.3) is 11.0 Å². The molecular weight excluding hydrogens is 363 g/mol. The number of amides is 1. The molecule has 0 unspecified atom stereocenters. The number of ether oxygens (including phenoxy) is 3. The van der Waals surface area contributed by atoms with Crippen molar-refractivity contribution in [2.45, 2.75) is 37.8 Å². The second kappa shape index (κ2) is 8.19. The lowest BCUT2D eigenvalue weighted by Crippen LogP contribution is -2.34. The zero-order chi connectivity index (χ0) is 19.5. The maximum Gasteiger partial charge on any atom is 0.271 e. The monoisotopic (exact) mass is 386 g/mol. The van der Waals surface area contributed by atoms with Crippen LogP contribution in [0.3, 0.4) is 0 Å². The van der Waals surface area contributed by atoms with E-state index in [1.165, 1.54) is 26.0 Å². The highest BCUT2D eigenvalue weighted by Crippen LogP contribution is 2.30. The van der Waals surface area contributed by atoms with E-state index in [1.54, 1.807) is 6.26 Å². The zero-order valence-electron chi connectivity index (χ0n) is 15.6. The number of nitrogens with one attached hydrogen (secondary N) is 2. The van der Waals surface area contributed by atoms with Crippen LogP contribution >= 0.6 is 11.8 Å². The lowest BCUT2D eigenvalue weighted by molar-refractivity contribution is -0.0974. The standard InChI is InChI=1S/C16H23FN4O4S/c1-16(2,3)25-14-12-10(20-15(21-14)26-6)9(17)11(19-12)13(22)18-7-8(23-4)24-5/h8,19H,7H2,1-6H3,(H,18,22). The van der Waals surface area contributed by atoms with Gasteiger partial charge in [-0.1, -0.05) is 11.8 Å². The van der Waals surface area contributed by atoms with Gasteiger partial charge in [-0.2, -0.15) is 4.98 Å². The van der Waals surface area contributed by atoms with Gasteiger partial charge in [0.15, 0.2) is 17.3 Å². The molecule has 0 aromatic carbocycles. The summed E-state index contributed by atoms with van der Waals surface area (Å²) in [6.45, 7) is 5.61. The first-order valence-corrected chi connectivity index (χ1v) is 9.08. The van der Waals surface area contributed by atoms with Crippen LogP contribution in [0.15, 0.2) is 5.16 Å². The number of hydrogen-bond acceptors (Lipinski definition) is 7. The SMILES string of the molecule is COC(CNC(=O)c1[nH]c2c(OC(C)(C)C)nc(SC)nc2c1F)OC. The Morgan fingerprint density at radius 3 is 2.50 bits per heavy atom. The number of aromatic amines is 1. The number of thioether (sulfide) groups is 1. The summed E-state index contributed by atoms with van der Waals surface area (Å²) in [5.41, 5.74) is -0.568. The van der Waals surface area contributed by atoms with Crippen molar-refractivity contribution in [2.75, 3.05) is 27.0 Å². The summed E-state index contributed by atoms with van der Waals surface area (Å²) in [4.78, 5) is 23.5. The van der Waals surface area contributed by atoms with Gasteiger partial charge < -0.3 is 24.5 Å². The van der Waals surface area contributed by atoms with Crippen LogP contribution in [0.1, 0.15) is 31.3 Å². The fourth-order valence-electron chi connectivity index (χ4n) is 2.13. The third-order valence-electron chi connectivity index (χ3n) is 3.30. The third kappa shape index (κ3) is 4.63. The Hall–Kier alpha value is -1.91. The molecule has 0 spiro atoms. The molecule has 2 aromatic rings. The van der Waals surface area contributed by atoms with E-state index in [0.29, 0.717) is 5.16 Å². The van der Waals surface area contributed by atoms with E-state index in [1.807, 2.05) is 20.8 Å². The molecule has 2 aromatic heterocycles. The minimum Gasteiger partial charge on any atom is -0.470 e. The molecule has 0 saturated carbocycles. The molecule has 1 amide bonds. The van der Waals surface area contributed by atoms with Crippen molar-refractivity contribution in [3.05, 3.63) is 11.5 Å². The molecule has 10 heteroatoms. The van der Waals surface area contributed by atoms with Gasteiger partial charge >= 0.3 is 0 Å². The number of carbonyl (C=O) groups is 1. The topological polar surface area (TPSA) is 98.4 Å². The van der Waals surface area contributed by atoms with Crippen molar-refractivity contribution in [3.8, 4) is 5.88 Å². The van der Waals surface area contributed by atoms with Crippen LogP contribution in [0.2, 0.25) is 0 Å². The molecule has 26 heavy (non-hydrogen) atoms. The summed E-state index contributed by atoms with van der Waals surface area (Å²) < 4.78 is 30.6. The van der Waals surface area contributed by atoms with Gasteiger partial charge in [-0.3, -0.25) is 4.79 Å². The molecule has 2 N–H and O–H groups in total. The summed E-state index contributed by atoms with van der Waals surface area (Å²) >= 11 is 1.25. The van der Waals surface area contributed by atoms with E-state index in [0.717, 1.165) is 0 Å². The van der Waals surface area contributed by atoms with Gasteiger partial charge in [-0.05, 0) is 27.0 Å².